The van der Waals surface area contributed by atoms with Crippen molar-refractivity contribution in [3.8, 4) is 11.5 Å². The molecule has 6 nitrogen and oxygen atoms in total. The monoisotopic (exact) mass is 348 g/mol. The molecule has 3 N–H and O–H groups in total. The summed E-state index contributed by atoms with van der Waals surface area (Å²) in [7, 11) is 1.49. The van der Waals surface area contributed by atoms with Gasteiger partial charge in [-0.25, -0.2) is 0 Å². The van der Waals surface area contributed by atoms with Gasteiger partial charge in [-0.15, -0.1) is 0 Å². The van der Waals surface area contributed by atoms with Crippen LogP contribution in [-0.4, -0.2) is 25.4 Å². The van der Waals surface area contributed by atoms with Crippen LogP contribution < -0.4 is 20.5 Å². The lowest BCUT2D eigenvalue weighted by atomic mass is 10.1. The molecule has 0 aliphatic rings. The van der Waals surface area contributed by atoms with E-state index in [4.69, 9.17) is 26.8 Å². The molecule has 0 fully saturated rings. The Kier molecular flexibility index (Phi) is 5.65. The van der Waals surface area contributed by atoms with Gasteiger partial charge in [0.05, 0.1) is 18.5 Å². The molecular weight excluding hydrogens is 332 g/mol. The number of methoxy groups -OCH3 is 1. The van der Waals surface area contributed by atoms with Crippen LogP contribution in [0.4, 0.5) is 11.4 Å². The highest BCUT2D eigenvalue weighted by atomic mass is 35.5. The maximum atomic E-state index is 12.0. The Morgan fingerprint density at radius 2 is 1.88 bits per heavy atom. The Balaban J connectivity index is 2.01. The standard InChI is InChI=1S/C17H17ClN2O4/c1-10(21)11-3-5-15(13(19)7-11)24-9-17(22)20-14-8-12(18)4-6-16(14)23-2/h3-8H,9,19H2,1-2H3,(H,20,22). The van der Waals surface area contributed by atoms with Crippen LogP contribution >= 0.6 is 11.6 Å². The second kappa shape index (κ2) is 7.70. The molecule has 2 rings (SSSR count). The topological polar surface area (TPSA) is 90.6 Å². The van der Waals surface area contributed by atoms with Crippen LogP contribution in [0.1, 0.15) is 17.3 Å². The summed E-state index contributed by atoms with van der Waals surface area (Å²) in [6.07, 6.45) is 0. The molecule has 0 aromatic heterocycles. The van der Waals surface area contributed by atoms with Gasteiger partial charge in [-0.2, -0.15) is 0 Å². The summed E-state index contributed by atoms with van der Waals surface area (Å²) in [5, 5.41) is 3.12. The number of carbonyl (C=O) groups excluding carboxylic acids is 2. The number of hydrogen-bond acceptors (Lipinski definition) is 5. The van der Waals surface area contributed by atoms with Crippen molar-refractivity contribution in [1.82, 2.24) is 0 Å². The van der Waals surface area contributed by atoms with Crippen molar-refractivity contribution in [3.05, 3.63) is 47.0 Å². The number of nitrogen functional groups attached to an aromatic ring is 1. The SMILES string of the molecule is COc1ccc(Cl)cc1NC(=O)COc1ccc(C(C)=O)cc1N. The Labute approximate surface area is 144 Å². The van der Waals surface area contributed by atoms with Gasteiger partial charge < -0.3 is 20.5 Å². The molecule has 2 aromatic rings. The average molecular weight is 349 g/mol. The molecule has 0 saturated carbocycles. The fraction of sp³-hybridized carbons (Fsp3) is 0.176. The van der Waals surface area contributed by atoms with E-state index >= 15 is 0 Å². The van der Waals surface area contributed by atoms with Crippen molar-refractivity contribution in [2.45, 2.75) is 6.92 Å². The van der Waals surface area contributed by atoms with E-state index < -0.39 is 5.91 Å². The molecule has 0 atom stereocenters. The predicted molar refractivity (Wildman–Crippen MR) is 93.0 cm³/mol. The van der Waals surface area contributed by atoms with E-state index in [1.165, 1.54) is 20.1 Å². The molecule has 7 heteroatoms. The highest BCUT2D eigenvalue weighted by Crippen LogP contribution is 2.28. The first-order chi connectivity index (χ1) is 11.4. The molecule has 0 aliphatic carbocycles. The quantitative estimate of drug-likeness (QED) is 0.618. The zero-order valence-electron chi connectivity index (χ0n) is 13.3. The molecule has 0 heterocycles. The maximum absolute atomic E-state index is 12.0. The van der Waals surface area contributed by atoms with Gasteiger partial charge >= 0.3 is 0 Å². The molecule has 0 radical (unpaired) electrons. The Morgan fingerprint density at radius 1 is 1.17 bits per heavy atom. The third kappa shape index (κ3) is 4.39. The van der Waals surface area contributed by atoms with E-state index in [2.05, 4.69) is 5.32 Å². The zero-order chi connectivity index (χ0) is 17.7. The lowest BCUT2D eigenvalue weighted by Crippen LogP contribution is -2.21. The number of nitrogens with two attached hydrogens (primary N) is 1. The number of nitrogens with one attached hydrogen (secondary N) is 1. The number of ether oxygens (including phenoxy) is 2. The third-order valence-electron chi connectivity index (χ3n) is 3.21. The van der Waals surface area contributed by atoms with Crippen LogP contribution in [-0.2, 0) is 4.79 Å². The lowest BCUT2D eigenvalue weighted by molar-refractivity contribution is -0.118. The van der Waals surface area contributed by atoms with Crippen molar-refractivity contribution in [3.63, 3.8) is 0 Å². The minimum absolute atomic E-state index is 0.0981. The van der Waals surface area contributed by atoms with E-state index in [-0.39, 0.29) is 18.1 Å². The number of benzene rings is 2. The van der Waals surface area contributed by atoms with Gasteiger partial charge in [0.1, 0.15) is 11.5 Å². The zero-order valence-corrected chi connectivity index (χ0v) is 14.0. The number of Topliss-reactive ketones (excluding diaryl/α,β-unsaturated/α-hetero) is 1. The summed E-state index contributed by atoms with van der Waals surface area (Å²) in [5.41, 5.74) is 7.03. The fourth-order valence-electron chi connectivity index (χ4n) is 2.01. The number of carbonyl (C=O) groups is 2. The smallest absolute Gasteiger partial charge is 0.262 e. The maximum Gasteiger partial charge on any atom is 0.262 e. The van der Waals surface area contributed by atoms with Gasteiger partial charge in [-0.05, 0) is 43.3 Å². The lowest BCUT2D eigenvalue weighted by Gasteiger charge is -2.12. The Morgan fingerprint density at radius 3 is 2.50 bits per heavy atom. The Bertz CT molecular complexity index is 777. The highest BCUT2D eigenvalue weighted by Gasteiger charge is 2.11. The van der Waals surface area contributed by atoms with E-state index in [1.54, 1.807) is 30.3 Å². The van der Waals surface area contributed by atoms with Gasteiger partial charge in [-0.1, -0.05) is 11.6 Å². The summed E-state index contributed by atoms with van der Waals surface area (Å²) in [6, 6.07) is 9.54. The number of anilines is 2. The summed E-state index contributed by atoms with van der Waals surface area (Å²) in [6.45, 7) is 1.19. The summed E-state index contributed by atoms with van der Waals surface area (Å²) < 4.78 is 10.5. The van der Waals surface area contributed by atoms with Gasteiger partial charge in [0.25, 0.3) is 5.91 Å². The number of ketones is 1. The van der Waals surface area contributed by atoms with E-state index in [1.807, 2.05) is 0 Å². The number of rotatable bonds is 6. The normalized spacial score (nSPS) is 10.1. The summed E-state index contributed by atoms with van der Waals surface area (Å²) in [5.74, 6) is 0.316. The number of amides is 1. The molecular formula is C17H17ClN2O4. The van der Waals surface area contributed by atoms with Crippen LogP contribution in [0.5, 0.6) is 11.5 Å². The van der Waals surface area contributed by atoms with Crippen LogP contribution in [0, 0.1) is 0 Å². The van der Waals surface area contributed by atoms with Crippen LogP contribution in [0.25, 0.3) is 0 Å². The van der Waals surface area contributed by atoms with Gasteiger partial charge in [0.2, 0.25) is 0 Å². The van der Waals surface area contributed by atoms with Crippen molar-refractivity contribution in [2.75, 3.05) is 24.8 Å². The molecule has 0 bridgehead atoms. The van der Waals surface area contributed by atoms with Gasteiger partial charge in [0, 0.05) is 10.6 Å². The molecule has 126 valence electrons. The highest BCUT2D eigenvalue weighted by molar-refractivity contribution is 6.31. The molecule has 0 aliphatic heterocycles. The van der Waals surface area contributed by atoms with Crippen molar-refractivity contribution < 1.29 is 19.1 Å². The fourth-order valence-corrected chi connectivity index (χ4v) is 2.18. The second-order valence-corrected chi connectivity index (χ2v) is 5.43. The number of hydrogen-bond donors (Lipinski definition) is 2. The van der Waals surface area contributed by atoms with Gasteiger partial charge in [-0.3, -0.25) is 9.59 Å². The first-order valence-electron chi connectivity index (χ1n) is 7.07. The molecule has 0 saturated heterocycles. The molecule has 24 heavy (non-hydrogen) atoms. The average Bonchev–Trinajstić information content (AvgIpc) is 2.53. The first-order valence-corrected chi connectivity index (χ1v) is 7.45. The van der Waals surface area contributed by atoms with Crippen molar-refractivity contribution in [1.29, 1.82) is 0 Å². The largest absolute Gasteiger partial charge is 0.495 e. The van der Waals surface area contributed by atoms with Crippen LogP contribution in [0.2, 0.25) is 5.02 Å². The van der Waals surface area contributed by atoms with Crippen molar-refractivity contribution in [2.24, 2.45) is 0 Å². The first kappa shape index (κ1) is 17.6. The minimum Gasteiger partial charge on any atom is -0.495 e. The molecule has 2 aromatic carbocycles. The predicted octanol–water partition coefficient (Wildman–Crippen LogP) is 3.15. The van der Waals surface area contributed by atoms with Crippen molar-refractivity contribution >= 4 is 34.7 Å². The van der Waals surface area contributed by atoms with Gasteiger partial charge in [0.15, 0.2) is 12.4 Å². The Hall–Kier alpha value is -2.73. The summed E-state index contributed by atoms with van der Waals surface area (Å²) >= 11 is 5.91. The second-order valence-electron chi connectivity index (χ2n) is 4.99. The van der Waals surface area contributed by atoms with E-state index in [0.29, 0.717) is 27.8 Å². The van der Waals surface area contributed by atoms with E-state index in [0.717, 1.165) is 0 Å². The third-order valence-corrected chi connectivity index (χ3v) is 3.45. The molecule has 0 unspecified atom stereocenters. The molecule has 1 amide bonds. The number of halogens is 1. The minimum atomic E-state index is -0.398. The van der Waals surface area contributed by atoms with E-state index in [9.17, 15) is 9.59 Å². The summed E-state index contributed by atoms with van der Waals surface area (Å²) in [4.78, 5) is 23.3. The molecule has 0 spiro atoms. The van der Waals surface area contributed by atoms with Crippen LogP contribution in [0.3, 0.4) is 0 Å². The van der Waals surface area contributed by atoms with Crippen LogP contribution in [0.15, 0.2) is 36.4 Å².